The zero-order valence-electron chi connectivity index (χ0n) is 11.1. The first-order valence-corrected chi connectivity index (χ1v) is 6.62. The van der Waals surface area contributed by atoms with E-state index < -0.39 is 0 Å². The van der Waals surface area contributed by atoms with E-state index in [0.29, 0.717) is 12.5 Å². The molecule has 1 aliphatic heterocycles. The average molecular weight is 251 g/mol. The number of aromatic nitrogens is 2. The van der Waals surface area contributed by atoms with E-state index in [9.17, 15) is 0 Å². The van der Waals surface area contributed by atoms with Crippen LogP contribution in [0.5, 0.6) is 5.88 Å². The van der Waals surface area contributed by atoms with Crippen LogP contribution in [0.15, 0.2) is 6.07 Å². The number of rotatable bonds is 6. The Morgan fingerprint density at radius 2 is 2.39 bits per heavy atom. The highest BCUT2D eigenvalue weighted by Gasteiger charge is 2.16. The third kappa shape index (κ3) is 3.57. The van der Waals surface area contributed by atoms with Crippen molar-refractivity contribution in [2.75, 3.05) is 25.6 Å². The lowest BCUT2D eigenvalue weighted by atomic mass is 10.2. The van der Waals surface area contributed by atoms with Crippen LogP contribution in [0.25, 0.3) is 0 Å². The van der Waals surface area contributed by atoms with Crippen molar-refractivity contribution in [3.63, 3.8) is 0 Å². The van der Waals surface area contributed by atoms with Crippen LogP contribution < -0.4 is 10.1 Å². The summed E-state index contributed by atoms with van der Waals surface area (Å²) in [5.74, 6) is 2.26. The van der Waals surface area contributed by atoms with Crippen LogP contribution in [0.1, 0.15) is 32.0 Å². The van der Waals surface area contributed by atoms with Crippen LogP contribution in [0.3, 0.4) is 0 Å². The van der Waals surface area contributed by atoms with Gasteiger partial charge in [-0.05, 0) is 19.3 Å². The van der Waals surface area contributed by atoms with Gasteiger partial charge in [0.15, 0.2) is 0 Å². The third-order valence-corrected chi connectivity index (χ3v) is 2.92. The predicted octanol–water partition coefficient (Wildman–Crippen LogP) is 2.03. The molecule has 1 aromatic rings. The van der Waals surface area contributed by atoms with Gasteiger partial charge < -0.3 is 14.8 Å². The molecule has 1 saturated heterocycles. The van der Waals surface area contributed by atoms with E-state index in [2.05, 4.69) is 22.2 Å². The Morgan fingerprint density at radius 1 is 1.50 bits per heavy atom. The van der Waals surface area contributed by atoms with E-state index in [1.807, 2.05) is 13.1 Å². The lowest BCUT2D eigenvalue weighted by Gasteiger charge is -2.12. The molecule has 1 aliphatic rings. The quantitative estimate of drug-likeness (QED) is 0.838. The van der Waals surface area contributed by atoms with Gasteiger partial charge in [-0.15, -0.1) is 0 Å². The normalized spacial score (nSPS) is 18.9. The number of anilines is 1. The van der Waals surface area contributed by atoms with E-state index in [1.54, 1.807) is 0 Å². The van der Waals surface area contributed by atoms with Gasteiger partial charge in [0, 0.05) is 26.1 Å². The number of ether oxygens (including phenoxy) is 2. The minimum Gasteiger partial charge on any atom is -0.475 e. The summed E-state index contributed by atoms with van der Waals surface area (Å²) in [6.07, 6.45) is 4.31. The second kappa shape index (κ2) is 6.54. The van der Waals surface area contributed by atoms with E-state index in [-0.39, 0.29) is 6.10 Å². The van der Waals surface area contributed by atoms with Crippen LogP contribution >= 0.6 is 0 Å². The summed E-state index contributed by atoms with van der Waals surface area (Å²) in [6, 6.07) is 1.83. The molecule has 0 radical (unpaired) electrons. The molecule has 5 heteroatoms. The minimum atomic E-state index is 0.215. The maximum Gasteiger partial charge on any atom is 0.218 e. The summed E-state index contributed by atoms with van der Waals surface area (Å²) in [6.45, 7) is 3.54. The summed E-state index contributed by atoms with van der Waals surface area (Å²) < 4.78 is 11.2. The van der Waals surface area contributed by atoms with Gasteiger partial charge in [-0.25, -0.2) is 4.98 Å². The summed E-state index contributed by atoms with van der Waals surface area (Å²) in [5.41, 5.74) is 0. The fraction of sp³-hybridized carbons (Fsp3) is 0.692. The highest BCUT2D eigenvalue weighted by Crippen LogP contribution is 2.17. The van der Waals surface area contributed by atoms with Gasteiger partial charge in [-0.2, -0.15) is 4.98 Å². The highest BCUT2D eigenvalue weighted by atomic mass is 16.5. The maximum absolute atomic E-state index is 5.70. The van der Waals surface area contributed by atoms with Gasteiger partial charge in [0.25, 0.3) is 0 Å². The van der Waals surface area contributed by atoms with Crippen LogP contribution in [-0.2, 0) is 11.2 Å². The molecule has 2 rings (SSSR count). The summed E-state index contributed by atoms with van der Waals surface area (Å²) in [7, 11) is 1.85. The fourth-order valence-corrected chi connectivity index (χ4v) is 1.96. The molecule has 1 aromatic heterocycles. The van der Waals surface area contributed by atoms with Crippen molar-refractivity contribution in [3.05, 3.63) is 11.9 Å². The molecule has 1 N–H and O–H groups in total. The highest BCUT2D eigenvalue weighted by molar-refractivity contribution is 5.37. The SMILES string of the molecule is CCCc1nc(NC)cc(OCC2CCCO2)n1. The first-order valence-electron chi connectivity index (χ1n) is 6.62. The molecule has 1 atom stereocenters. The Balaban J connectivity index is 1.98. The Bertz CT molecular complexity index is 378. The molecule has 100 valence electrons. The standard InChI is InChI=1S/C13H21N3O2/c1-3-5-11-15-12(14-2)8-13(16-11)18-9-10-6-4-7-17-10/h8,10H,3-7,9H2,1-2H3,(H,14,15,16). The van der Waals surface area contributed by atoms with Crippen LogP contribution in [-0.4, -0.2) is 36.3 Å². The van der Waals surface area contributed by atoms with E-state index in [1.165, 1.54) is 0 Å². The molecule has 1 fully saturated rings. The Hall–Kier alpha value is -1.36. The molecule has 0 spiro atoms. The summed E-state index contributed by atoms with van der Waals surface area (Å²) in [5, 5.41) is 3.03. The van der Waals surface area contributed by atoms with Crippen LogP contribution in [0.2, 0.25) is 0 Å². The van der Waals surface area contributed by atoms with Gasteiger partial charge in [-0.1, -0.05) is 6.92 Å². The summed E-state index contributed by atoms with van der Waals surface area (Å²) >= 11 is 0. The van der Waals surface area contributed by atoms with Crippen LogP contribution in [0, 0.1) is 0 Å². The van der Waals surface area contributed by atoms with Gasteiger partial charge in [0.1, 0.15) is 18.2 Å². The largest absolute Gasteiger partial charge is 0.475 e. The van der Waals surface area contributed by atoms with Gasteiger partial charge >= 0.3 is 0 Å². The zero-order chi connectivity index (χ0) is 12.8. The molecule has 0 bridgehead atoms. The lowest BCUT2D eigenvalue weighted by molar-refractivity contribution is 0.0662. The first-order chi connectivity index (χ1) is 8.81. The number of nitrogens with one attached hydrogen (secondary N) is 1. The molecular formula is C13H21N3O2. The van der Waals surface area contributed by atoms with Crippen molar-refractivity contribution in [2.24, 2.45) is 0 Å². The van der Waals surface area contributed by atoms with Crippen molar-refractivity contribution >= 4 is 5.82 Å². The molecule has 0 aromatic carbocycles. The lowest BCUT2D eigenvalue weighted by Crippen LogP contribution is -2.17. The van der Waals surface area contributed by atoms with Crippen molar-refractivity contribution < 1.29 is 9.47 Å². The van der Waals surface area contributed by atoms with Gasteiger partial charge in [-0.3, -0.25) is 0 Å². The number of aryl methyl sites for hydroxylation is 1. The van der Waals surface area contributed by atoms with Gasteiger partial charge in [0.05, 0.1) is 6.10 Å². The van der Waals surface area contributed by atoms with Crippen molar-refractivity contribution in [1.29, 1.82) is 0 Å². The monoisotopic (exact) mass is 251 g/mol. The minimum absolute atomic E-state index is 0.215. The fourth-order valence-electron chi connectivity index (χ4n) is 1.96. The van der Waals surface area contributed by atoms with Crippen molar-refractivity contribution in [3.8, 4) is 5.88 Å². The Morgan fingerprint density at radius 3 is 3.06 bits per heavy atom. The summed E-state index contributed by atoms with van der Waals surface area (Å²) in [4.78, 5) is 8.79. The van der Waals surface area contributed by atoms with Crippen molar-refractivity contribution in [2.45, 2.75) is 38.7 Å². The smallest absolute Gasteiger partial charge is 0.218 e. The molecule has 0 aliphatic carbocycles. The zero-order valence-corrected chi connectivity index (χ0v) is 11.1. The van der Waals surface area contributed by atoms with E-state index >= 15 is 0 Å². The van der Waals surface area contributed by atoms with E-state index in [4.69, 9.17) is 9.47 Å². The Kier molecular flexibility index (Phi) is 4.75. The second-order valence-corrected chi connectivity index (χ2v) is 4.45. The van der Waals surface area contributed by atoms with Gasteiger partial charge in [0.2, 0.25) is 5.88 Å². The molecule has 1 unspecified atom stereocenters. The average Bonchev–Trinajstić information content (AvgIpc) is 2.89. The number of hydrogen-bond donors (Lipinski definition) is 1. The first kappa shape index (κ1) is 13.1. The number of hydrogen-bond acceptors (Lipinski definition) is 5. The predicted molar refractivity (Wildman–Crippen MR) is 70.0 cm³/mol. The van der Waals surface area contributed by atoms with Crippen molar-refractivity contribution in [1.82, 2.24) is 9.97 Å². The number of nitrogens with zero attached hydrogens (tertiary/aromatic N) is 2. The third-order valence-electron chi connectivity index (χ3n) is 2.92. The molecule has 0 amide bonds. The second-order valence-electron chi connectivity index (χ2n) is 4.45. The Labute approximate surface area is 108 Å². The molecule has 0 saturated carbocycles. The molecule has 2 heterocycles. The molecule has 18 heavy (non-hydrogen) atoms. The van der Waals surface area contributed by atoms with E-state index in [0.717, 1.165) is 43.9 Å². The topological polar surface area (TPSA) is 56.3 Å². The molecular weight excluding hydrogens is 230 g/mol. The molecule has 5 nitrogen and oxygen atoms in total. The van der Waals surface area contributed by atoms with Crippen LogP contribution in [0.4, 0.5) is 5.82 Å². The maximum atomic E-state index is 5.70.